The number of sulfonamides is 1. The molecule has 7 heteroatoms. The van der Waals surface area contributed by atoms with Crippen LogP contribution in [0.1, 0.15) is 12.0 Å². The van der Waals surface area contributed by atoms with Crippen LogP contribution in [0.3, 0.4) is 0 Å². The van der Waals surface area contributed by atoms with Gasteiger partial charge in [0, 0.05) is 25.7 Å². The van der Waals surface area contributed by atoms with Crippen molar-refractivity contribution in [2.45, 2.75) is 11.3 Å². The van der Waals surface area contributed by atoms with Gasteiger partial charge in [0.2, 0.25) is 10.0 Å². The van der Waals surface area contributed by atoms with Crippen LogP contribution in [0.4, 0.5) is 0 Å². The number of hydrogen-bond donors (Lipinski definition) is 1. The van der Waals surface area contributed by atoms with E-state index in [-0.39, 0.29) is 9.88 Å². The molecule has 21 heavy (non-hydrogen) atoms. The summed E-state index contributed by atoms with van der Waals surface area (Å²) >= 11 is 4.90. The number of benzene rings is 1. The van der Waals surface area contributed by atoms with Crippen LogP contribution in [-0.2, 0) is 10.0 Å². The minimum Gasteiger partial charge on any atom is -0.389 e. The second-order valence-corrected chi connectivity index (χ2v) is 8.08. The zero-order chi connectivity index (χ0) is 15.6. The molecule has 1 aliphatic rings. The summed E-state index contributed by atoms with van der Waals surface area (Å²) in [4.78, 5) is 2.66. The predicted molar refractivity (Wildman–Crippen MR) is 87.7 cm³/mol. The first-order chi connectivity index (χ1) is 9.80. The van der Waals surface area contributed by atoms with Gasteiger partial charge in [-0.3, -0.25) is 0 Å². The van der Waals surface area contributed by atoms with E-state index in [4.69, 9.17) is 18.0 Å². The summed E-state index contributed by atoms with van der Waals surface area (Å²) in [5.74, 6) is 0.383. The lowest BCUT2D eigenvalue weighted by atomic mass is 10.1. The van der Waals surface area contributed by atoms with Crippen LogP contribution < -0.4 is 5.73 Å². The number of nitrogens with zero attached hydrogens (tertiary/aromatic N) is 2. The van der Waals surface area contributed by atoms with E-state index in [1.807, 2.05) is 0 Å². The Morgan fingerprint density at radius 1 is 1.52 bits per heavy atom. The van der Waals surface area contributed by atoms with Crippen molar-refractivity contribution in [3.63, 3.8) is 0 Å². The minimum absolute atomic E-state index is 0.201. The molecule has 1 atom stereocenters. The lowest BCUT2D eigenvalue weighted by Gasteiger charge is -2.21. The fraction of sp³-hybridized carbons (Fsp3) is 0.500. The molecule has 1 unspecified atom stereocenters. The van der Waals surface area contributed by atoms with Gasteiger partial charge in [0.25, 0.3) is 0 Å². The molecular weight excluding hydrogens is 306 g/mol. The first-order valence-corrected chi connectivity index (χ1v) is 8.70. The first-order valence-electron chi connectivity index (χ1n) is 6.85. The van der Waals surface area contributed by atoms with E-state index >= 15 is 0 Å². The van der Waals surface area contributed by atoms with Crippen molar-refractivity contribution in [2.24, 2.45) is 11.7 Å². The van der Waals surface area contributed by atoms with Gasteiger partial charge in [-0.1, -0.05) is 24.4 Å². The highest BCUT2D eigenvalue weighted by atomic mass is 32.2. The van der Waals surface area contributed by atoms with Gasteiger partial charge in [0.05, 0.1) is 4.90 Å². The lowest BCUT2D eigenvalue weighted by Crippen LogP contribution is -2.33. The van der Waals surface area contributed by atoms with Crippen LogP contribution in [0, 0.1) is 5.92 Å². The quantitative estimate of drug-likeness (QED) is 0.814. The molecule has 2 rings (SSSR count). The maximum absolute atomic E-state index is 12.6. The second-order valence-electron chi connectivity index (χ2n) is 5.59. The molecule has 0 radical (unpaired) electrons. The van der Waals surface area contributed by atoms with Crippen molar-refractivity contribution in [3.8, 4) is 0 Å². The third-order valence-corrected chi connectivity index (χ3v) is 5.89. The summed E-state index contributed by atoms with van der Waals surface area (Å²) in [7, 11) is 0.181. The zero-order valence-corrected chi connectivity index (χ0v) is 14.0. The average molecular weight is 327 g/mol. The van der Waals surface area contributed by atoms with E-state index in [0.29, 0.717) is 18.0 Å². The van der Waals surface area contributed by atoms with E-state index in [1.165, 1.54) is 10.4 Å². The molecule has 0 aromatic heterocycles. The van der Waals surface area contributed by atoms with Gasteiger partial charge in [-0.15, -0.1) is 0 Å². The maximum Gasteiger partial charge on any atom is 0.242 e. The van der Waals surface area contributed by atoms with Crippen LogP contribution in [0.15, 0.2) is 29.2 Å². The molecule has 0 amide bonds. The summed E-state index contributed by atoms with van der Waals surface area (Å²) in [5.41, 5.74) is 6.14. The van der Waals surface area contributed by atoms with Crippen molar-refractivity contribution in [1.29, 1.82) is 0 Å². The van der Waals surface area contributed by atoms with Crippen LogP contribution in [0.5, 0.6) is 0 Å². The van der Waals surface area contributed by atoms with Gasteiger partial charge in [0.1, 0.15) is 4.99 Å². The fourth-order valence-electron chi connectivity index (χ4n) is 2.63. The van der Waals surface area contributed by atoms with E-state index in [0.717, 1.165) is 19.5 Å². The summed E-state index contributed by atoms with van der Waals surface area (Å²) in [6.07, 6.45) is 1.03. The maximum atomic E-state index is 12.6. The molecule has 0 spiro atoms. The Hall–Kier alpha value is -1.02. The highest BCUT2D eigenvalue weighted by Crippen LogP contribution is 2.20. The Labute approximate surface area is 131 Å². The highest BCUT2D eigenvalue weighted by Gasteiger charge is 2.27. The molecule has 116 valence electrons. The zero-order valence-electron chi connectivity index (χ0n) is 12.3. The fourth-order valence-corrected chi connectivity index (χ4v) is 4.05. The molecule has 5 nitrogen and oxygen atoms in total. The molecule has 0 aliphatic carbocycles. The van der Waals surface area contributed by atoms with Crippen LogP contribution in [0.25, 0.3) is 0 Å². The van der Waals surface area contributed by atoms with E-state index in [2.05, 4.69) is 11.9 Å². The van der Waals surface area contributed by atoms with Crippen molar-refractivity contribution >= 4 is 27.2 Å². The Kier molecular flexibility index (Phi) is 4.98. The van der Waals surface area contributed by atoms with Gasteiger partial charge in [-0.2, -0.15) is 0 Å². The van der Waals surface area contributed by atoms with Crippen LogP contribution in [-0.4, -0.2) is 56.3 Å². The Balaban J connectivity index is 2.17. The molecule has 1 aromatic carbocycles. The average Bonchev–Trinajstić information content (AvgIpc) is 2.84. The van der Waals surface area contributed by atoms with Gasteiger partial charge in [-0.05, 0) is 38.1 Å². The number of thiocarbonyl (C=S) groups is 1. The summed E-state index contributed by atoms with van der Waals surface area (Å²) in [6.45, 7) is 2.49. The standard InChI is InChI=1S/C14H21N3O2S2/c1-16-7-6-11(9-16)10-17(2)21(18,19)13-5-3-4-12(8-13)14(15)20/h3-5,8,11H,6-7,9-10H2,1-2H3,(H2,15,20). The summed E-state index contributed by atoms with van der Waals surface area (Å²) < 4.78 is 26.6. The Bertz CT molecular complexity index is 631. The van der Waals surface area contributed by atoms with Gasteiger partial charge >= 0.3 is 0 Å². The minimum atomic E-state index is -3.50. The Morgan fingerprint density at radius 3 is 2.81 bits per heavy atom. The van der Waals surface area contributed by atoms with E-state index < -0.39 is 10.0 Å². The first kappa shape index (κ1) is 16.4. The second kappa shape index (κ2) is 6.39. The van der Waals surface area contributed by atoms with E-state index in [1.54, 1.807) is 25.2 Å². The largest absolute Gasteiger partial charge is 0.389 e. The third-order valence-electron chi connectivity index (χ3n) is 3.83. The molecule has 1 saturated heterocycles. The molecule has 0 bridgehead atoms. The SMILES string of the molecule is CN1CCC(CN(C)S(=O)(=O)c2cccc(C(N)=S)c2)C1. The molecule has 0 saturated carbocycles. The van der Waals surface area contributed by atoms with Crippen LogP contribution >= 0.6 is 12.2 Å². The summed E-state index contributed by atoms with van der Waals surface area (Å²) in [6, 6.07) is 6.50. The van der Waals surface area contributed by atoms with Crippen LogP contribution in [0.2, 0.25) is 0 Å². The lowest BCUT2D eigenvalue weighted by molar-refractivity contribution is 0.357. The molecule has 1 fully saturated rings. The Morgan fingerprint density at radius 2 is 2.24 bits per heavy atom. The van der Waals surface area contributed by atoms with Crippen molar-refractivity contribution in [2.75, 3.05) is 33.7 Å². The van der Waals surface area contributed by atoms with Gasteiger partial charge < -0.3 is 10.6 Å². The molecule has 2 N–H and O–H groups in total. The monoisotopic (exact) mass is 327 g/mol. The molecule has 1 aromatic rings. The highest BCUT2D eigenvalue weighted by molar-refractivity contribution is 7.89. The normalized spacial score (nSPS) is 20.0. The number of likely N-dealkylation sites (tertiary alicyclic amines) is 1. The summed E-state index contributed by atoms with van der Waals surface area (Å²) in [5, 5.41) is 0. The topological polar surface area (TPSA) is 66.6 Å². The number of rotatable bonds is 5. The van der Waals surface area contributed by atoms with Crippen molar-refractivity contribution in [3.05, 3.63) is 29.8 Å². The van der Waals surface area contributed by atoms with Crippen molar-refractivity contribution < 1.29 is 8.42 Å². The van der Waals surface area contributed by atoms with Gasteiger partial charge in [0.15, 0.2) is 0 Å². The molecular formula is C14H21N3O2S2. The predicted octanol–water partition coefficient (Wildman–Crippen LogP) is 0.893. The number of nitrogens with two attached hydrogens (primary N) is 1. The molecule has 1 heterocycles. The smallest absolute Gasteiger partial charge is 0.242 e. The number of hydrogen-bond acceptors (Lipinski definition) is 4. The molecule has 1 aliphatic heterocycles. The third kappa shape index (κ3) is 3.79. The van der Waals surface area contributed by atoms with Gasteiger partial charge in [-0.25, -0.2) is 12.7 Å². The van der Waals surface area contributed by atoms with E-state index in [9.17, 15) is 8.42 Å². The van der Waals surface area contributed by atoms with Crippen molar-refractivity contribution in [1.82, 2.24) is 9.21 Å².